The van der Waals surface area contributed by atoms with Crippen molar-refractivity contribution in [2.75, 3.05) is 16.8 Å². The third-order valence-corrected chi connectivity index (χ3v) is 7.03. The molecule has 4 aliphatic carbocycles. The Balaban J connectivity index is 1.21. The van der Waals surface area contributed by atoms with Gasteiger partial charge >= 0.3 is 0 Å². The number of nitrogens with zero attached hydrogens (tertiary/aromatic N) is 1. The Morgan fingerprint density at radius 3 is 2.52 bits per heavy atom. The highest BCUT2D eigenvalue weighted by molar-refractivity contribution is 7.99. The maximum absolute atomic E-state index is 11.9. The maximum atomic E-state index is 11.9. The van der Waals surface area contributed by atoms with Gasteiger partial charge in [0.25, 0.3) is 0 Å². The van der Waals surface area contributed by atoms with Crippen molar-refractivity contribution in [1.82, 2.24) is 5.16 Å². The van der Waals surface area contributed by atoms with Crippen LogP contribution in [0.2, 0.25) is 0 Å². The molecule has 0 unspecified atom stereocenters. The van der Waals surface area contributed by atoms with Gasteiger partial charge in [-0.1, -0.05) is 5.16 Å². The van der Waals surface area contributed by atoms with Crippen LogP contribution in [0.25, 0.3) is 0 Å². The molecule has 5 rings (SSSR count). The summed E-state index contributed by atoms with van der Waals surface area (Å²) in [7, 11) is 0. The maximum Gasteiger partial charge on any atom is 0.235 e. The molecule has 1 aromatic heterocycles. The average molecular weight is 334 g/mol. The highest BCUT2D eigenvalue weighted by Crippen LogP contribution is 2.61. The van der Waals surface area contributed by atoms with E-state index >= 15 is 0 Å². The first-order chi connectivity index (χ1) is 11.1. The van der Waals surface area contributed by atoms with E-state index in [1.807, 2.05) is 6.92 Å². The van der Waals surface area contributed by atoms with Crippen LogP contribution in [0.4, 0.5) is 5.82 Å². The number of amides is 1. The quantitative estimate of drug-likeness (QED) is 0.790. The molecule has 4 saturated carbocycles. The summed E-state index contributed by atoms with van der Waals surface area (Å²) in [6.45, 7) is 1.82. The molecule has 0 aromatic carbocycles. The molecule has 126 valence electrons. The van der Waals surface area contributed by atoms with E-state index in [2.05, 4.69) is 10.5 Å². The van der Waals surface area contributed by atoms with Gasteiger partial charge in [0.1, 0.15) is 5.76 Å². The van der Waals surface area contributed by atoms with E-state index < -0.39 is 0 Å². The Kier molecular flexibility index (Phi) is 4.16. The van der Waals surface area contributed by atoms with Crippen molar-refractivity contribution in [3.63, 3.8) is 0 Å². The fourth-order valence-corrected chi connectivity index (χ4v) is 6.63. The van der Waals surface area contributed by atoms with E-state index in [0.29, 0.717) is 17.0 Å². The van der Waals surface area contributed by atoms with Crippen molar-refractivity contribution in [3.05, 3.63) is 11.8 Å². The standard InChI is InChI=1S/C18H26N2O2S/c1-12-4-16(20-22-12)19-17(21)11-23-3-2-18-8-13-5-14(9-18)7-15(6-13)10-18/h4,13-15H,2-3,5-11H2,1H3,(H,19,20,21). The summed E-state index contributed by atoms with van der Waals surface area (Å²) < 4.78 is 4.96. The molecule has 0 spiro atoms. The summed E-state index contributed by atoms with van der Waals surface area (Å²) in [6.07, 6.45) is 10.2. The molecule has 1 N–H and O–H groups in total. The number of aryl methyl sites for hydroxylation is 1. The average Bonchev–Trinajstić information content (AvgIpc) is 2.87. The predicted molar refractivity (Wildman–Crippen MR) is 92.4 cm³/mol. The molecule has 1 amide bonds. The third-order valence-electron chi connectivity index (χ3n) is 6.07. The van der Waals surface area contributed by atoms with Gasteiger partial charge in [0.05, 0.1) is 5.75 Å². The molecule has 4 fully saturated rings. The number of carbonyl (C=O) groups is 1. The van der Waals surface area contributed by atoms with Crippen molar-refractivity contribution in [2.45, 2.75) is 51.9 Å². The molecule has 4 bridgehead atoms. The van der Waals surface area contributed by atoms with Crippen LogP contribution in [0.1, 0.15) is 50.7 Å². The van der Waals surface area contributed by atoms with Crippen LogP contribution in [-0.4, -0.2) is 22.6 Å². The van der Waals surface area contributed by atoms with E-state index in [0.717, 1.165) is 29.3 Å². The lowest BCUT2D eigenvalue weighted by atomic mass is 9.49. The number of thioether (sulfide) groups is 1. The van der Waals surface area contributed by atoms with E-state index in [9.17, 15) is 4.79 Å². The SMILES string of the molecule is Cc1cc(NC(=O)CSCCC23CC4CC(CC(C4)C2)C3)no1. The summed E-state index contributed by atoms with van der Waals surface area (Å²) in [5.74, 6) is 5.94. The Morgan fingerprint density at radius 1 is 1.30 bits per heavy atom. The number of hydrogen-bond acceptors (Lipinski definition) is 4. The monoisotopic (exact) mass is 334 g/mol. The first-order valence-electron chi connectivity index (χ1n) is 8.91. The third kappa shape index (κ3) is 3.44. The summed E-state index contributed by atoms with van der Waals surface area (Å²) in [4.78, 5) is 11.9. The van der Waals surface area contributed by atoms with Gasteiger partial charge in [-0.3, -0.25) is 4.79 Å². The van der Waals surface area contributed by atoms with Gasteiger partial charge in [-0.25, -0.2) is 0 Å². The second-order valence-electron chi connectivity index (χ2n) is 8.09. The first-order valence-corrected chi connectivity index (χ1v) is 10.1. The van der Waals surface area contributed by atoms with Crippen LogP contribution in [0.3, 0.4) is 0 Å². The molecule has 0 aliphatic heterocycles. The number of carbonyl (C=O) groups excluding carboxylic acids is 1. The number of rotatable bonds is 6. The molecule has 23 heavy (non-hydrogen) atoms. The summed E-state index contributed by atoms with van der Waals surface area (Å²) in [5.41, 5.74) is 0.626. The first kappa shape index (κ1) is 15.6. The zero-order valence-corrected chi connectivity index (χ0v) is 14.7. The Hall–Kier alpha value is -0.970. The van der Waals surface area contributed by atoms with Gasteiger partial charge in [0.15, 0.2) is 5.82 Å². The lowest BCUT2D eigenvalue weighted by Gasteiger charge is -2.57. The van der Waals surface area contributed by atoms with Crippen molar-refractivity contribution in [3.8, 4) is 0 Å². The molecular formula is C18H26N2O2S. The minimum absolute atomic E-state index is 0.0220. The Labute approximate surface area is 142 Å². The van der Waals surface area contributed by atoms with Crippen LogP contribution in [0, 0.1) is 30.1 Å². The smallest absolute Gasteiger partial charge is 0.235 e. The second kappa shape index (κ2) is 6.15. The van der Waals surface area contributed by atoms with Gasteiger partial charge < -0.3 is 9.84 Å². The summed E-state index contributed by atoms with van der Waals surface area (Å²) in [6, 6.07) is 1.75. The fourth-order valence-electron chi connectivity index (χ4n) is 5.65. The highest BCUT2D eigenvalue weighted by Gasteiger charge is 2.50. The van der Waals surface area contributed by atoms with E-state index in [1.54, 1.807) is 17.8 Å². The highest BCUT2D eigenvalue weighted by atomic mass is 32.2. The number of anilines is 1. The number of hydrogen-bond donors (Lipinski definition) is 1. The van der Waals surface area contributed by atoms with Crippen LogP contribution in [0.5, 0.6) is 0 Å². The minimum atomic E-state index is 0.0220. The van der Waals surface area contributed by atoms with Crippen molar-refractivity contribution in [2.24, 2.45) is 23.2 Å². The second-order valence-corrected chi connectivity index (χ2v) is 9.20. The molecular weight excluding hydrogens is 308 g/mol. The summed E-state index contributed by atoms with van der Waals surface area (Å²) >= 11 is 1.77. The van der Waals surface area contributed by atoms with Crippen LogP contribution in [0.15, 0.2) is 10.6 Å². The Morgan fingerprint density at radius 2 is 1.96 bits per heavy atom. The van der Waals surface area contributed by atoms with Gasteiger partial charge in [-0.05, 0) is 80.8 Å². The molecule has 4 aliphatic rings. The van der Waals surface area contributed by atoms with E-state index in [4.69, 9.17) is 4.52 Å². The molecule has 0 atom stereocenters. The van der Waals surface area contributed by atoms with Crippen molar-refractivity contribution >= 4 is 23.5 Å². The molecule has 4 nitrogen and oxygen atoms in total. The Bertz CT molecular complexity index is 548. The predicted octanol–water partition coefficient (Wildman–Crippen LogP) is 4.26. The number of nitrogens with one attached hydrogen (secondary N) is 1. The van der Waals surface area contributed by atoms with Crippen LogP contribution in [-0.2, 0) is 4.79 Å². The van der Waals surface area contributed by atoms with Gasteiger partial charge in [-0.15, -0.1) is 0 Å². The van der Waals surface area contributed by atoms with Crippen molar-refractivity contribution < 1.29 is 9.32 Å². The molecule has 1 aromatic rings. The minimum Gasteiger partial charge on any atom is -0.360 e. The van der Waals surface area contributed by atoms with E-state index in [-0.39, 0.29) is 5.91 Å². The zero-order chi connectivity index (χ0) is 15.9. The molecule has 5 heteroatoms. The molecule has 1 heterocycles. The van der Waals surface area contributed by atoms with Crippen LogP contribution < -0.4 is 5.32 Å². The van der Waals surface area contributed by atoms with Gasteiger partial charge in [-0.2, -0.15) is 11.8 Å². The fraction of sp³-hybridized carbons (Fsp3) is 0.778. The van der Waals surface area contributed by atoms with E-state index in [1.165, 1.54) is 44.9 Å². The molecule has 0 saturated heterocycles. The summed E-state index contributed by atoms with van der Waals surface area (Å²) in [5, 5.41) is 6.59. The normalized spacial score (nSPS) is 34.7. The topological polar surface area (TPSA) is 55.1 Å². The lowest BCUT2D eigenvalue weighted by Crippen LogP contribution is -2.46. The molecule has 0 radical (unpaired) electrons. The zero-order valence-electron chi connectivity index (χ0n) is 13.8. The lowest BCUT2D eigenvalue weighted by molar-refractivity contribution is -0.113. The van der Waals surface area contributed by atoms with Crippen molar-refractivity contribution in [1.29, 1.82) is 0 Å². The number of aromatic nitrogens is 1. The largest absolute Gasteiger partial charge is 0.360 e. The van der Waals surface area contributed by atoms with Crippen LogP contribution >= 0.6 is 11.8 Å². The van der Waals surface area contributed by atoms with Gasteiger partial charge in [0.2, 0.25) is 5.91 Å². The van der Waals surface area contributed by atoms with Gasteiger partial charge in [0, 0.05) is 6.07 Å².